The third-order valence-electron chi connectivity index (χ3n) is 6.11. The van der Waals surface area contributed by atoms with E-state index < -0.39 is 5.97 Å². The van der Waals surface area contributed by atoms with Gasteiger partial charge in [-0.15, -0.1) is 0 Å². The highest BCUT2D eigenvalue weighted by Crippen LogP contribution is 2.41. The molecule has 3 heterocycles. The van der Waals surface area contributed by atoms with Crippen LogP contribution in [0.1, 0.15) is 51.5 Å². The van der Waals surface area contributed by atoms with E-state index in [1.54, 1.807) is 25.4 Å². The lowest BCUT2D eigenvalue weighted by Gasteiger charge is -2.28. The Labute approximate surface area is 199 Å². The summed E-state index contributed by atoms with van der Waals surface area (Å²) in [5.74, 6) is -0.948. The third-order valence-corrected chi connectivity index (χ3v) is 6.46. The van der Waals surface area contributed by atoms with Crippen LogP contribution in [0.4, 0.5) is 0 Å². The molecule has 0 spiro atoms. The molecule has 1 fully saturated rings. The van der Waals surface area contributed by atoms with Gasteiger partial charge in [0.2, 0.25) is 0 Å². The Bertz CT molecular complexity index is 1160. The second-order valence-electron chi connectivity index (χ2n) is 8.15. The molecule has 2 atom stereocenters. The van der Waals surface area contributed by atoms with Gasteiger partial charge in [-0.1, -0.05) is 18.2 Å². The number of nitrogens with one attached hydrogen (secondary N) is 1. The van der Waals surface area contributed by atoms with Crippen molar-refractivity contribution in [1.29, 1.82) is 0 Å². The quantitative estimate of drug-likeness (QED) is 0.382. The van der Waals surface area contributed by atoms with Gasteiger partial charge in [-0.25, -0.2) is 4.79 Å². The zero-order valence-electron chi connectivity index (χ0n) is 19.0. The number of aryl methyl sites for hydroxylation is 1. The van der Waals surface area contributed by atoms with Crippen molar-refractivity contribution in [2.45, 2.75) is 32.4 Å². The second kappa shape index (κ2) is 9.72. The largest absolute Gasteiger partial charge is 0.478 e. The monoisotopic (exact) mass is 464 g/mol. The molecule has 0 unspecified atom stereocenters. The van der Waals surface area contributed by atoms with E-state index >= 15 is 0 Å². The molecule has 2 N–H and O–H groups in total. The van der Waals surface area contributed by atoms with Crippen molar-refractivity contribution in [3.63, 3.8) is 0 Å². The van der Waals surface area contributed by atoms with Gasteiger partial charge in [0.25, 0.3) is 0 Å². The number of pyridine rings is 1. The molecule has 8 heteroatoms. The summed E-state index contributed by atoms with van der Waals surface area (Å²) in [6.45, 7) is 5.42. The fourth-order valence-corrected chi connectivity index (χ4v) is 5.00. The molecule has 33 heavy (non-hydrogen) atoms. The van der Waals surface area contributed by atoms with Crippen LogP contribution in [-0.2, 0) is 4.74 Å². The van der Waals surface area contributed by atoms with Gasteiger partial charge >= 0.3 is 5.97 Å². The second-order valence-corrected chi connectivity index (χ2v) is 8.54. The summed E-state index contributed by atoms with van der Waals surface area (Å²) in [6, 6.07) is 14.9. The molecule has 1 aliphatic heterocycles. The molecule has 0 radical (unpaired) electrons. The highest BCUT2D eigenvalue weighted by Gasteiger charge is 2.41. The van der Waals surface area contributed by atoms with Crippen LogP contribution in [0, 0.1) is 13.8 Å². The van der Waals surface area contributed by atoms with Crippen LogP contribution in [-0.4, -0.2) is 50.9 Å². The summed E-state index contributed by atoms with van der Waals surface area (Å²) in [5, 5.41) is 13.9. The molecule has 0 saturated carbocycles. The maximum atomic E-state index is 11.9. The highest BCUT2D eigenvalue weighted by molar-refractivity contribution is 7.80. The van der Waals surface area contributed by atoms with E-state index in [0.29, 0.717) is 17.4 Å². The van der Waals surface area contributed by atoms with E-state index in [1.165, 1.54) is 0 Å². The molecule has 1 aromatic carbocycles. The summed E-state index contributed by atoms with van der Waals surface area (Å²) in [7, 11) is 1.70. The Balaban J connectivity index is 1.83. The molecule has 4 rings (SSSR count). The van der Waals surface area contributed by atoms with Gasteiger partial charge in [0.05, 0.1) is 29.0 Å². The fourth-order valence-electron chi connectivity index (χ4n) is 4.67. The SMILES string of the molecule is COCCCN1C(=S)N[C@H](c2ccccn2)[C@@H]1c1cc(C)n(-c2ccccc2C(=O)O)c1C. The van der Waals surface area contributed by atoms with Crippen molar-refractivity contribution >= 4 is 23.3 Å². The Morgan fingerprint density at radius 2 is 1.97 bits per heavy atom. The predicted molar refractivity (Wildman–Crippen MR) is 131 cm³/mol. The molecule has 0 aliphatic carbocycles. The minimum absolute atomic E-state index is 0.0822. The van der Waals surface area contributed by atoms with Crippen LogP contribution in [0.5, 0.6) is 0 Å². The number of carboxylic acids is 1. The molecule has 7 nitrogen and oxygen atoms in total. The first-order chi connectivity index (χ1) is 15.9. The Morgan fingerprint density at radius 3 is 2.67 bits per heavy atom. The van der Waals surface area contributed by atoms with Crippen molar-refractivity contribution in [2.75, 3.05) is 20.3 Å². The third kappa shape index (κ3) is 4.36. The molecule has 2 aromatic heterocycles. The molecule has 172 valence electrons. The Hall–Kier alpha value is -3.23. The highest BCUT2D eigenvalue weighted by atomic mass is 32.1. The van der Waals surface area contributed by atoms with Crippen molar-refractivity contribution < 1.29 is 14.6 Å². The van der Waals surface area contributed by atoms with Crippen LogP contribution >= 0.6 is 12.2 Å². The molecular formula is C25H28N4O3S. The van der Waals surface area contributed by atoms with Gasteiger partial charge in [0, 0.05) is 37.8 Å². The number of nitrogens with zero attached hydrogens (tertiary/aromatic N) is 3. The molecule has 0 amide bonds. The normalized spacial score (nSPS) is 17.9. The molecule has 1 aliphatic rings. The first-order valence-corrected chi connectivity index (χ1v) is 11.3. The predicted octanol–water partition coefficient (Wildman–Crippen LogP) is 4.20. The Morgan fingerprint density at radius 1 is 1.21 bits per heavy atom. The number of carbonyl (C=O) groups is 1. The Kier molecular flexibility index (Phi) is 6.76. The number of ether oxygens (including phenoxy) is 1. The first kappa shape index (κ1) is 22.9. The lowest BCUT2D eigenvalue weighted by atomic mass is 9.96. The van der Waals surface area contributed by atoms with E-state index in [9.17, 15) is 9.90 Å². The fraction of sp³-hybridized carbons (Fsp3) is 0.320. The standard InChI is InChI=1S/C25H28N4O3S/c1-16-15-19(17(2)29(16)21-11-5-4-9-18(21)24(30)31)23-22(20-10-6-7-12-26-20)27-25(33)28(23)13-8-14-32-3/h4-7,9-12,15,22-23H,8,13-14H2,1-3H3,(H,27,33)(H,30,31)/t22-,23+/m1/s1. The maximum absolute atomic E-state index is 11.9. The van der Waals surface area contributed by atoms with Crippen LogP contribution < -0.4 is 5.32 Å². The number of rotatable bonds is 8. The molecular weight excluding hydrogens is 436 g/mol. The van der Waals surface area contributed by atoms with E-state index in [0.717, 1.165) is 35.6 Å². The van der Waals surface area contributed by atoms with E-state index in [-0.39, 0.29) is 17.6 Å². The topological polar surface area (TPSA) is 79.6 Å². The zero-order chi connectivity index (χ0) is 23.5. The molecule has 1 saturated heterocycles. The summed E-state index contributed by atoms with van der Waals surface area (Å²) in [6.07, 6.45) is 2.63. The van der Waals surface area contributed by atoms with Gasteiger partial charge < -0.3 is 24.6 Å². The van der Waals surface area contributed by atoms with Crippen LogP contribution in [0.2, 0.25) is 0 Å². The van der Waals surface area contributed by atoms with Gasteiger partial charge in [-0.3, -0.25) is 4.98 Å². The minimum atomic E-state index is -0.948. The number of thiocarbonyl (C=S) groups is 1. The van der Waals surface area contributed by atoms with Crippen molar-refractivity contribution in [3.8, 4) is 5.69 Å². The first-order valence-electron chi connectivity index (χ1n) is 10.9. The van der Waals surface area contributed by atoms with Crippen LogP contribution in [0.15, 0.2) is 54.7 Å². The number of carboxylic acid groups (broad SMARTS) is 1. The van der Waals surface area contributed by atoms with E-state index in [4.69, 9.17) is 17.0 Å². The number of methoxy groups -OCH3 is 1. The van der Waals surface area contributed by atoms with Crippen molar-refractivity contribution in [3.05, 3.63) is 82.9 Å². The van der Waals surface area contributed by atoms with Gasteiger partial charge in [-0.2, -0.15) is 0 Å². The number of benzene rings is 1. The summed E-state index contributed by atoms with van der Waals surface area (Å²) in [5.41, 5.74) is 4.87. The van der Waals surface area contributed by atoms with E-state index in [1.807, 2.05) is 48.7 Å². The number of hydrogen-bond donors (Lipinski definition) is 2. The smallest absolute Gasteiger partial charge is 0.337 e. The molecule has 3 aromatic rings. The zero-order valence-corrected chi connectivity index (χ0v) is 19.8. The average Bonchev–Trinajstić information content (AvgIpc) is 3.29. The van der Waals surface area contributed by atoms with Crippen LogP contribution in [0.25, 0.3) is 5.69 Å². The van der Waals surface area contributed by atoms with Crippen molar-refractivity contribution in [2.24, 2.45) is 0 Å². The number of para-hydroxylation sites is 1. The van der Waals surface area contributed by atoms with Crippen molar-refractivity contribution in [1.82, 2.24) is 19.8 Å². The minimum Gasteiger partial charge on any atom is -0.478 e. The summed E-state index contributed by atoms with van der Waals surface area (Å²) in [4.78, 5) is 18.7. The van der Waals surface area contributed by atoms with E-state index in [2.05, 4.69) is 21.3 Å². The van der Waals surface area contributed by atoms with Gasteiger partial charge in [-0.05, 0) is 68.4 Å². The summed E-state index contributed by atoms with van der Waals surface area (Å²) >= 11 is 5.74. The van der Waals surface area contributed by atoms with Gasteiger partial charge in [0.15, 0.2) is 5.11 Å². The number of aromatic nitrogens is 2. The number of hydrogen-bond acceptors (Lipinski definition) is 4. The maximum Gasteiger partial charge on any atom is 0.337 e. The average molecular weight is 465 g/mol. The molecule has 0 bridgehead atoms. The number of aromatic carboxylic acids is 1. The lowest BCUT2D eigenvalue weighted by molar-refractivity contribution is 0.0697. The summed E-state index contributed by atoms with van der Waals surface area (Å²) < 4.78 is 7.28. The van der Waals surface area contributed by atoms with Gasteiger partial charge in [0.1, 0.15) is 0 Å². The van der Waals surface area contributed by atoms with Crippen LogP contribution in [0.3, 0.4) is 0 Å². The lowest BCUT2D eigenvalue weighted by Crippen LogP contribution is -2.31.